The second-order valence-corrected chi connectivity index (χ2v) is 5.78. The van der Waals surface area contributed by atoms with Crippen molar-refractivity contribution in [2.24, 2.45) is 11.8 Å². The Labute approximate surface area is 131 Å². The highest BCUT2D eigenvalue weighted by molar-refractivity contribution is 5.77. The predicted molar refractivity (Wildman–Crippen MR) is 84.9 cm³/mol. The highest BCUT2D eigenvalue weighted by Gasteiger charge is 2.19. The number of ether oxygens (including phenoxy) is 1. The molecule has 0 radical (unpaired) electrons. The Bertz CT molecular complexity index is 499. The van der Waals surface area contributed by atoms with Crippen LogP contribution in [0.3, 0.4) is 0 Å². The molecule has 1 amide bonds. The normalized spacial score (nSPS) is 12.0. The molecule has 0 aliphatic rings. The Hall–Kier alpha value is -2.04. The van der Waals surface area contributed by atoms with Gasteiger partial charge in [0, 0.05) is 13.0 Å². The number of aryl methyl sites for hydroxylation is 1. The zero-order valence-corrected chi connectivity index (χ0v) is 13.5. The Morgan fingerprint density at radius 1 is 1.27 bits per heavy atom. The molecule has 0 aliphatic carbocycles. The average Bonchev–Trinajstić information content (AvgIpc) is 2.48. The molecule has 1 aromatic rings. The Balaban J connectivity index is 2.44. The van der Waals surface area contributed by atoms with E-state index in [1.165, 1.54) is 0 Å². The molecule has 1 atom stereocenters. The van der Waals surface area contributed by atoms with Crippen LogP contribution in [0.25, 0.3) is 0 Å². The van der Waals surface area contributed by atoms with Crippen molar-refractivity contribution in [3.63, 3.8) is 0 Å². The first kappa shape index (κ1) is 18.0. The summed E-state index contributed by atoms with van der Waals surface area (Å²) in [5.74, 6) is -0.486. The maximum Gasteiger partial charge on any atom is 0.308 e. The molecule has 5 heteroatoms. The van der Waals surface area contributed by atoms with E-state index in [0.717, 1.165) is 11.3 Å². The van der Waals surface area contributed by atoms with E-state index < -0.39 is 11.9 Å². The fourth-order valence-corrected chi connectivity index (χ4v) is 2.32. The number of carbonyl (C=O) groups is 2. The third-order valence-corrected chi connectivity index (χ3v) is 3.46. The lowest BCUT2D eigenvalue weighted by molar-refractivity contribution is -0.142. The molecule has 1 aromatic carbocycles. The summed E-state index contributed by atoms with van der Waals surface area (Å²) in [5.41, 5.74) is 0.970. The van der Waals surface area contributed by atoms with Crippen LogP contribution in [0.2, 0.25) is 0 Å². The minimum absolute atomic E-state index is 0.138. The third kappa shape index (κ3) is 6.16. The summed E-state index contributed by atoms with van der Waals surface area (Å²) in [4.78, 5) is 23.0. The van der Waals surface area contributed by atoms with Crippen LogP contribution in [0.15, 0.2) is 24.3 Å². The van der Waals surface area contributed by atoms with Gasteiger partial charge in [-0.1, -0.05) is 32.0 Å². The summed E-state index contributed by atoms with van der Waals surface area (Å²) in [7, 11) is 1.60. The first-order valence-electron chi connectivity index (χ1n) is 7.55. The monoisotopic (exact) mass is 307 g/mol. The molecule has 0 fully saturated rings. The molecule has 0 aliphatic heterocycles. The molecule has 122 valence electrons. The zero-order chi connectivity index (χ0) is 16.5. The van der Waals surface area contributed by atoms with Gasteiger partial charge < -0.3 is 15.2 Å². The molecule has 1 rings (SSSR count). The standard InChI is InChI=1S/C17H25NO4/c1-12(2)10-14(17(20)21)11-18-16(19)9-8-13-6-4-5-7-15(13)22-3/h4-7,12,14H,8-11H2,1-3H3,(H,18,19)(H,20,21). The molecule has 2 N–H and O–H groups in total. The van der Waals surface area contributed by atoms with Crippen LogP contribution >= 0.6 is 0 Å². The van der Waals surface area contributed by atoms with Gasteiger partial charge in [0.1, 0.15) is 5.75 Å². The number of carboxylic acids is 1. The van der Waals surface area contributed by atoms with Crippen LogP contribution in [0, 0.1) is 11.8 Å². The van der Waals surface area contributed by atoms with Crippen LogP contribution in [0.4, 0.5) is 0 Å². The van der Waals surface area contributed by atoms with Crippen molar-refractivity contribution in [3.05, 3.63) is 29.8 Å². The van der Waals surface area contributed by atoms with Gasteiger partial charge in [-0.2, -0.15) is 0 Å². The maximum absolute atomic E-state index is 11.9. The zero-order valence-electron chi connectivity index (χ0n) is 13.5. The molecule has 0 saturated carbocycles. The number of hydrogen-bond donors (Lipinski definition) is 2. The van der Waals surface area contributed by atoms with Crippen LogP contribution in [-0.2, 0) is 16.0 Å². The number of nitrogens with one attached hydrogen (secondary N) is 1. The Morgan fingerprint density at radius 2 is 1.95 bits per heavy atom. The molecule has 0 bridgehead atoms. The summed E-state index contributed by atoms with van der Waals surface area (Å²) < 4.78 is 5.24. The molecular weight excluding hydrogens is 282 g/mol. The highest BCUT2D eigenvalue weighted by atomic mass is 16.5. The first-order valence-corrected chi connectivity index (χ1v) is 7.55. The van der Waals surface area contributed by atoms with Crippen molar-refractivity contribution in [1.29, 1.82) is 0 Å². The quantitative estimate of drug-likeness (QED) is 0.735. The van der Waals surface area contributed by atoms with E-state index in [-0.39, 0.29) is 18.4 Å². The fourth-order valence-electron chi connectivity index (χ4n) is 2.32. The smallest absolute Gasteiger partial charge is 0.308 e. The predicted octanol–water partition coefficient (Wildman–Crippen LogP) is 2.49. The van der Waals surface area contributed by atoms with Gasteiger partial charge in [0.25, 0.3) is 0 Å². The van der Waals surface area contributed by atoms with Crippen LogP contribution < -0.4 is 10.1 Å². The van der Waals surface area contributed by atoms with Gasteiger partial charge in [-0.05, 0) is 30.4 Å². The van der Waals surface area contributed by atoms with Gasteiger partial charge >= 0.3 is 5.97 Å². The van der Waals surface area contributed by atoms with E-state index in [2.05, 4.69) is 5.32 Å². The van der Waals surface area contributed by atoms with Crippen LogP contribution in [0.1, 0.15) is 32.3 Å². The fraction of sp³-hybridized carbons (Fsp3) is 0.529. The van der Waals surface area contributed by atoms with Gasteiger partial charge in [-0.3, -0.25) is 9.59 Å². The second-order valence-electron chi connectivity index (χ2n) is 5.78. The number of methoxy groups -OCH3 is 1. The van der Waals surface area contributed by atoms with Gasteiger partial charge in [0.2, 0.25) is 5.91 Å². The molecular formula is C17H25NO4. The van der Waals surface area contributed by atoms with E-state index in [9.17, 15) is 9.59 Å². The molecule has 22 heavy (non-hydrogen) atoms. The van der Waals surface area contributed by atoms with Crippen LogP contribution in [0.5, 0.6) is 5.75 Å². The number of amides is 1. The molecule has 1 unspecified atom stereocenters. The summed E-state index contributed by atoms with van der Waals surface area (Å²) in [5, 5.41) is 11.9. The van der Waals surface area contributed by atoms with E-state index in [0.29, 0.717) is 19.3 Å². The minimum Gasteiger partial charge on any atom is -0.496 e. The second kappa shape index (κ2) is 9.07. The Morgan fingerprint density at radius 3 is 2.55 bits per heavy atom. The number of benzene rings is 1. The third-order valence-electron chi connectivity index (χ3n) is 3.46. The van der Waals surface area contributed by atoms with Gasteiger partial charge in [-0.15, -0.1) is 0 Å². The SMILES string of the molecule is COc1ccccc1CCC(=O)NCC(CC(C)C)C(=O)O. The number of aliphatic carboxylic acids is 1. The lowest BCUT2D eigenvalue weighted by Gasteiger charge is -2.15. The maximum atomic E-state index is 11.9. The lowest BCUT2D eigenvalue weighted by atomic mass is 9.97. The first-order chi connectivity index (χ1) is 10.4. The van der Waals surface area contributed by atoms with Crippen molar-refractivity contribution in [2.45, 2.75) is 33.1 Å². The molecule has 0 spiro atoms. The van der Waals surface area contributed by atoms with Gasteiger partial charge in [0.15, 0.2) is 0 Å². The summed E-state index contributed by atoms with van der Waals surface area (Å²) in [6, 6.07) is 7.56. The largest absolute Gasteiger partial charge is 0.496 e. The van der Waals surface area contributed by atoms with Crippen molar-refractivity contribution in [2.75, 3.05) is 13.7 Å². The molecule has 0 heterocycles. The van der Waals surface area contributed by atoms with E-state index in [1.807, 2.05) is 38.1 Å². The van der Waals surface area contributed by atoms with E-state index in [4.69, 9.17) is 9.84 Å². The summed E-state index contributed by atoms with van der Waals surface area (Å²) in [6.45, 7) is 4.12. The van der Waals surface area contributed by atoms with Crippen molar-refractivity contribution >= 4 is 11.9 Å². The Kier molecular flexibility index (Phi) is 7.43. The topological polar surface area (TPSA) is 75.6 Å². The molecule has 0 saturated heterocycles. The number of rotatable bonds is 9. The van der Waals surface area contributed by atoms with Crippen LogP contribution in [-0.4, -0.2) is 30.6 Å². The van der Waals surface area contributed by atoms with Crippen molar-refractivity contribution in [1.82, 2.24) is 5.32 Å². The van der Waals surface area contributed by atoms with Crippen molar-refractivity contribution < 1.29 is 19.4 Å². The van der Waals surface area contributed by atoms with Gasteiger partial charge in [0.05, 0.1) is 13.0 Å². The number of hydrogen-bond acceptors (Lipinski definition) is 3. The average molecular weight is 307 g/mol. The molecule has 5 nitrogen and oxygen atoms in total. The minimum atomic E-state index is -0.862. The number of carboxylic acid groups (broad SMARTS) is 1. The van der Waals surface area contributed by atoms with Crippen molar-refractivity contribution in [3.8, 4) is 5.75 Å². The lowest BCUT2D eigenvalue weighted by Crippen LogP contribution is -2.33. The summed E-state index contributed by atoms with van der Waals surface area (Å²) >= 11 is 0. The summed E-state index contributed by atoms with van der Waals surface area (Å²) in [6.07, 6.45) is 1.44. The van der Waals surface area contributed by atoms with E-state index in [1.54, 1.807) is 7.11 Å². The molecule has 0 aromatic heterocycles. The number of para-hydroxylation sites is 1. The van der Waals surface area contributed by atoms with E-state index >= 15 is 0 Å². The highest BCUT2D eigenvalue weighted by Crippen LogP contribution is 2.18. The van der Waals surface area contributed by atoms with Gasteiger partial charge in [-0.25, -0.2) is 0 Å². The number of carbonyl (C=O) groups excluding carboxylic acids is 1.